The Labute approximate surface area is 111 Å². The molecule has 0 fully saturated rings. The van der Waals surface area contributed by atoms with Crippen LogP contribution in [0.15, 0.2) is 34.9 Å². The summed E-state index contributed by atoms with van der Waals surface area (Å²) in [5.74, 6) is 2.27. The van der Waals surface area contributed by atoms with Crippen LogP contribution >= 0.6 is 0 Å². The number of anilines is 2. The quantitative estimate of drug-likeness (QED) is 0.864. The number of nitrogens with zero attached hydrogens (tertiary/aromatic N) is 1. The third kappa shape index (κ3) is 4.13. The van der Waals surface area contributed by atoms with Crippen LogP contribution < -0.4 is 11.1 Å². The molecule has 100 valence electrons. The van der Waals surface area contributed by atoms with E-state index >= 15 is 0 Å². The summed E-state index contributed by atoms with van der Waals surface area (Å²) in [5, 5.41) is 2.72. The van der Waals surface area contributed by atoms with E-state index in [2.05, 4.69) is 10.3 Å². The van der Waals surface area contributed by atoms with E-state index in [-0.39, 0.29) is 5.91 Å². The minimum atomic E-state index is -0.0550. The molecular weight excluding hydrogens is 242 g/mol. The topological polar surface area (TPSA) is 81.2 Å². The molecule has 0 bridgehead atoms. The SMILES string of the molecule is Cc1ccc(CCCC(=O)Nc2ccc(N)cn2)o1. The number of nitrogen functional groups attached to an aromatic ring is 1. The Morgan fingerprint density at radius 3 is 2.84 bits per heavy atom. The fraction of sp³-hybridized carbons (Fsp3) is 0.286. The highest BCUT2D eigenvalue weighted by Crippen LogP contribution is 2.11. The lowest BCUT2D eigenvalue weighted by Gasteiger charge is -2.04. The Balaban J connectivity index is 1.74. The number of nitrogens with one attached hydrogen (secondary N) is 1. The van der Waals surface area contributed by atoms with Crippen molar-refractivity contribution < 1.29 is 9.21 Å². The van der Waals surface area contributed by atoms with Gasteiger partial charge < -0.3 is 15.5 Å². The number of pyridine rings is 1. The average Bonchev–Trinajstić information content (AvgIpc) is 2.78. The summed E-state index contributed by atoms with van der Waals surface area (Å²) in [6.07, 6.45) is 3.46. The number of rotatable bonds is 5. The van der Waals surface area contributed by atoms with Crippen molar-refractivity contribution in [2.75, 3.05) is 11.1 Å². The number of carbonyl (C=O) groups excluding carboxylic acids is 1. The van der Waals surface area contributed by atoms with Crippen LogP contribution in [-0.4, -0.2) is 10.9 Å². The van der Waals surface area contributed by atoms with Gasteiger partial charge in [0, 0.05) is 12.8 Å². The van der Waals surface area contributed by atoms with Crippen LogP contribution in [0.1, 0.15) is 24.4 Å². The molecule has 5 heteroatoms. The molecule has 2 aromatic rings. The Morgan fingerprint density at radius 2 is 2.21 bits per heavy atom. The summed E-state index contributed by atoms with van der Waals surface area (Å²) in [5.41, 5.74) is 6.09. The minimum absolute atomic E-state index is 0.0550. The van der Waals surface area contributed by atoms with E-state index in [1.165, 1.54) is 6.20 Å². The maximum Gasteiger partial charge on any atom is 0.225 e. The van der Waals surface area contributed by atoms with Gasteiger partial charge >= 0.3 is 0 Å². The van der Waals surface area contributed by atoms with E-state index < -0.39 is 0 Å². The largest absolute Gasteiger partial charge is 0.466 e. The molecule has 0 aliphatic heterocycles. The van der Waals surface area contributed by atoms with Crippen LogP contribution in [0.2, 0.25) is 0 Å². The molecular formula is C14H17N3O2. The molecule has 0 aromatic carbocycles. The lowest BCUT2D eigenvalue weighted by atomic mass is 10.2. The number of amides is 1. The number of aryl methyl sites for hydroxylation is 2. The first-order chi connectivity index (χ1) is 9.13. The van der Waals surface area contributed by atoms with Gasteiger partial charge in [0.25, 0.3) is 0 Å². The molecule has 2 rings (SSSR count). The molecule has 5 nitrogen and oxygen atoms in total. The fourth-order valence-electron chi connectivity index (χ4n) is 1.73. The standard InChI is InChI=1S/C14H17N3O2/c1-10-5-7-12(19-10)3-2-4-14(18)17-13-8-6-11(15)9-16-13/h5-9H,2-4,15H2,1H3,(H,16,17,18). The van der Waals surface area contributed by atoms with Gasteiger partial charge in [0.2, 0.25) is 5.91 Å². The van der Waals surface area contributed by atoms with Crippen molar-refractivity contribution in [2.24, 2.45) is 0 Å². The van der Waals surface area contributed by atoms with Gasteiger partial charge in [0.15, 0.2) is 0 Å². The third-order valence-corrected chi connectivity index (χ3v) is 2.68. The number of hydrogen-bond acceptors (Lipinski definition) is 4. The Morgan fingerprint density at radius 1 is 1.37 bits per heavy atom. The molecule has 2 heterocycles. The van der Waals surface area contributed by atoms with Gasteiger partial charge in [0.05, 0.1) is 11.9 Å². The second-order valence-corrected chi connectivity index (χ2v) is 4.39. The Kier molecular flexibility index (Phi) is 4.18. The first-order valence-corrected chi connectivity index (χ1v) is 6.20. The van der Waals surface area contributed by atoms with Gasteiger partial charge in [-0.3, -0.25) is 4.79 Å². The van der Waals surface area contributed by atoms with Crippen LogP contribution in [0.4, 0.5) is 11.5 Å². The molecule has 3 N–H and O–H groups in total. The summed E-state index contributed by atoms with van der Waals surface area (Å²) >= 11 is 0. The molecule has 0 aliphatic rings. The molecule has 0 radical (unpaired) electrons. The van der Waals surface area contributed by atoms with Crippen molar-refractivity contribution in [3.63, 3.8) is 0 Å². The van der Waals surface area contributed by atoms with Gasteiger partial charge in [-0.25, -0.2) is 4.98 Å². The summed E-state index contributed by atoms with van der Waals surface area (Å²) in [6, 6.07) is 7.25. The number of aromatic nitrogens is 1. The lowest BCUT2D eigenvalue weighted by molar-refractivity contribution is -0.116. The number of carbonyl (C=O) groups is 1. The number of hydrogen-bond donors (Lipinski definition) is 2. The van der Waals surface area contributed by atoms with E-state index in [4.69, 9.17) is 10.2 Å². The molecule has 0 spiro atoms. The molecule has 0 saturated carbocycles. The molecule has 0 aliphatic carbocycles. The van der Waals surface area contributed by atoms with Crippen LogP contribution in [0, 0.1) is 6.92 Å². The smallest absolute Gasteiger partial charge is 0.225 e. The lowest BCUT2D eigenvalue weighted by Crippen LogP contribution is -2.12. The maximum atomic E-state index is 11.7. The van der Waals surface area contributed by atoms with E-state index in [1.54, 1.807) is 12.1 Å². The predicted molar refractivity (Wildman–Crippen MR) is 73.7 cm³/mol. The van der Waals surface area contributed by atoms with Gasteiger partial charge in [-0.05, 0) is 37.6 Å². The summed E-state index contributed by atoms with van der Waals surface area (Å²) in [6.45, 7) is 1.91. The molecule has 19 heavy (non-hydrogen) atoms. The van der Waals surface area contributed by atoms with E-state index in [0.717, 1.165) is 24.4 Å². The monoisotopic (exact) mass is 259 g/mol. The van der Waals surface area contributed by atoms with Gasteiger partial charge in [-0.2, -0.15) is 0 Å². The predicted octanol–water partition coefficient (Wildman–Crippen LogP) is 2.53. The molecule has 1 amide bonds. The zero-order valence-corrected chi connectivity index (χ0v) is 10.8. The van der Waals surface area contributed by atoms with Crippen LogP contribution in [-0.2, 0) is 11.2 Å². The van der Waals surface area contributed by atoms with E-state index in [9.17, 15) is 4.79 Å². The second-order valence-electron chi connectivity index (χ2n) is 4.39. The van der Waals surface area contributed by atoms with E-state index in [1.807, 2.05) is 19.1 Å². The molecule has 0 saturated heterocycles. The highest BCUT2D eigenvalue weighted by atomic mass is 16.3. The highest BCUT2D eigenvalue weighted by molar-refractivity contribution is 5.89. The van der Waals surface area contributed by atoms with Gasteiger partial charge in [-0.1, -0.05) is 0 Å². The average molecular weight is 259 g/mol. The Bertz CT molecular complexity index is 546. The second kappa shape index (κ2) is 6.04. The van der Waals surface area contributed by atoms with Crippen molar-refractivity contribution in [1.82, 2.24) is 4.98 Å². The zero-order chi connectivity index (χ0) is 13.7. The fourth-order valence-corrected chi connectivity index (χ4v) is 1.73. The first-order valence-electron chi connectivity index (χ1n) is 6.20. The molecule has 0 unspecified atom stereocenters. The van der Waals surface area contributed by atoms with E-state index in [0.29, 0.717) is 17.9 Å². The zero-order valence-electron chi connectivity index (χ0n) is 10.8. The van der Waals surface area contributed by atoms with Crippen molar-refractivity contribution in [3.05, 3.63) is 42.0 Å². The third-order valence-electron chi connectivity index (χ3n) is 2.68. The van der Waals surface area contributed by atoms with Crippen molar-refractivity contribution in [1.29, 1.82) is 0 Å². The number of furan rings is 1. The normalized spacial score (nSPS) is 10.4. The van der Waals surface area contributed by atoms with Gasteiger partial charge in [-0.15, -0.1) is 0 Å². The molecule has 2 aromatic heterocycles. The summed E-state index contributed by atoms with van der Waals surface area (Å²) < 4.78 is 5.44. The van der Waals surface area contributed by atoms with Crippen molar-refractivity contribution >= 4 is 17.4 Å². The van der Waals surface area contributed by atoms with Crippen LogP contribution in [0.25, 0.3) is 0 Å². The summed E-state index contributed by atoms with van der Waals surface area (Å²) in [4.78, 5) is 15.7. The minimum Gasteiger partial charge on any atom is -0.466 e. The Hall–Kier alpha value is -2.30. The van der Waals surface area contributed by atoms with Crippen LogP contribution in [0.5, 0.6) is 0 Å². The maximum absolute atomic E-state index is 11.7. The first kappa shape index (κ1) is 13.1. The van der Waals surface area contributed by atoms with Crippen molar-refractivity contribution in [2.45, 2.75) is 26.2 Å². The van der Waals surface area contributed by atoms with Crippen LogP contribution in [0.3, 0.4) is 0 Å². The number of nitrogens with two attached hydrogens (primary N) is 1. The van der Waals surface area contributed by atoms with Crippen molar-refractivity contribution in [3.8, 4) is 0 Å². The highest BCUT2D eigenvalue weighted by Gasteiger charge is 2.05. The van der Waals surface area contributed by atoms with Gasteiger partial charge in [0.1, 0.15) is 17.3 Å². The molecule has 0 atom stereocenters. The summed E-state index contributed by atoms with van der Waals surface area (Å²) in [7, 11) is 0.